The van der Waals surface area contributed by atoms with E-state index in [4.69, 9.17) is 9.57 Å². The van der Waals surface area contributed by atoms with Crippen LogP contribution in [0.1, 0.15) is 0 Å². The number of nitrogens with zero attached hydrogens (tertiary/aromatic N) is 6. The highest BCUT2D eigenvalue weighted by atomic mass is 32.2. The molecule has 1 fully saturated rings. The van der Waals surface area contributed by atoms with E-state index in [1.54, 1.807) is 41.4 Å². The fraction of sp³-hybridized carbons (Fsp3) is 0.368. The Kier molecular flexibility index (Phi) is 6.11. The quantitative estimate of drug-likeness (QED) is 0.490. The maximum atomic E-state index is 12.7. The van der Waals surface area contributed by atoms with Crippen molar-refractivity contribution in [3.05, 3.63) is 48.7 Å². The van der Waals surface area contributed by atoms with Crippen LogP contribution in [0.5, 0.6) is 0 Å². The second-order valence-corrected chi connectivity index (χ2v) is 9.06. The Bertz CT molecular complexity index is 1150. The van der Waals surface area contributed by atoms with Crippen molar-refractivity contribution in [3.63, 3.8) is 0 Å². The first-order valence-electron chi connectivity index (χ1n) is 9.65. The standard InChI is InChI=1S/C19H22N6O5S/c1-23(31(27,28)16-6-3-2-4-7-16)13-18(26)24-10-11-29-15(12-24)14-30-25-19-17(21-22-25)8-5-9-20-19/h2-9,15H,10-14H2,1H3. The SMILES string of the molecule is CN(CC(=O)N1CCOC(COn2nnc3cccnc32)C1)S(=O)(=O)c1ccccc1. The fourth-order valence-corrected chi connectivity index (χ4v) is 4.32. The number of carbonyl (C=O) groups excluding carboxylic acids is 1. The molecule has 1 unspecified atom stereocenters. The van der Waals surface area contributed by atoms with Crippen molar-refractivity contribution >= 4 is 27.1 Å². The van der Waals surface area contributed by atoms with E-state index in [0.717, 1.165) is 4.31 Å². The van der Waals surface area contributed by atoms with Crippen molar-refractivity contribution in [2.24, 2.45) is 0 Å². The summed E-state index contributed by atoms with van der Waals surface area (Å²) in [5, 5.41) is 7.87. The Morgan fingerprint density at radius 2 is 2.06 bits per heavy atom. The lowest BCUT2D eigenvalue weighted by Gasteiger charge is -2.33. The van der Waals surface area contributed by atoms with Crippen LogP contribution < -0.4 is 4.84 Å². The van der Waals surface area contributed by atoms with Gasteiger partial charge >= 0.3 is 0 Å². The van der Waals surface area contributed by atoms with Crippen molar-refractivity contribution in [3.8, 4) is 0 Å². The van der Waals surface area contributed by atoms with Crippen LogP contribution in [0.4, 0.5) is 0 Å². The molecule has 1 aromatic carbocycles. The van der Waals surface area contributed by atoms with Gasteiger partial charge in [0.2, 0.25) is 21.6 Å². The maximum Gasteiger partial charge on any atom is 0.243 e. The zero-order chi connectivity index (χ0) is 21.8. The number of rotatable bonds is 7. The van der Waals surface area contributed by atoms with Gasteiger partial charge in [0.05, 0.1) is 24.6 Å². The number of pyridine rings is 1. The summed E-state index contributed by atoms with van der Waals surface area (Å²) < 4.78 is 32.0. The van der Waals surface area contributed by atoms with Gasteiger partial charge in [0.25, 0.3) is 0 Å². The van der Waals surface area contributed by atoms with Crippen molar-refractivity contribution in [1.82, 2.24) is 29.3 Å². The molecule has 1 amide bonds. The minimum atomic E-state index is -3.74. The molecule has 1 atom stereocenters. The molecule has 3 aromatic rings. The molecule has 1 saturated heterocycles. The van der Waals surface area contributed by atoms with E-state index >= 15 is 0 Å². The Morgan fingerprint density at radius 1 is 1.26 bits per heavy atom. The number of hydrogen-bond acceptors (Lipinski definition) is 8. The molecule has 4 rings (SSSR count). The van der Waals surface area contributed by atoms with Crippen LogP contribution in [-0.2, 0) is 19.6 Å². The highest BCUT2D eigenvalue weighted by molar-refractivity contribution is 7.89. The van der Waals surface area contributed by atoms with Crippen molar-refractivity contribution in [1.29, 1.82) is 0 Å². The Hall–Kier alpha value is -3.09. The fourth-order valence-electron chi connectivity index (χ4n) is 3.18. The molecule has 2 aromatic heterocycles. The molecule has 31 heavy (non-hydrogen) atoms. The first-order valence-corrected chi connectivity index (χ1v) is 11.1. The van der Waals surface area contributed by atoms with Crippen LogP contribution in [0.3, 0.4) is 0 Å². The third-order valence-corrected chi connectivity index (χ3v) is 6.68. The predicted molar refractivity (Wildman–Crippen MR) is 109 cm³/mol. The van der Waals surface area contributed by atoms with Gasteiger partial charge in [-0.05, 0) is 29.5 Å². The van der Waals surface area contributed by atoms with Crippen molar-refractivity contribution in [2.75, 3.05) is 39.9 Å². The summed E-state index contributed by atoms with van der Waals surface area (Å²) in [5.41, 5.74) is 1.09. The van der Waals surface area contributed by atoms with Crippen LogP contribution in [0.25, 0.3) is 11.2 Å². The minimum Gasteiger partial charge on any atom is -0.391 e. The summed E-state index contributed by atoms with van der Waals surface area (Å²) in [4.78, 5) is 25.5. The maximum absolute atomic E-state index is 12.7. The smallest absolute Gasteiger partial charge is 0.243 e. The van der Waals surface area contributed by atoms with Crippen LogP contribution >= 0.6 is 0 Å². The van der Waals surface area contributed by atoms with Gasteiger partial charge in [0.1, 0.15) is 18.2 Å². The molecule has 0 bridgehead atoms. The van der Waals surface area contributed by atoms with E-state index in [0.29, 0.717) is 24.3 Å². The molecule has 0 saturated carbocycles. The van der Waals surface area contributed by atoms with Crippen LogP contribution in [0, 0.1) is 0 Å². The molecule has 1 aliphatic rings. The number of carbonyl (C=O) groups is 1. The normalized spacial score (nSPS) is 17.2. The Labute approximate surface area is 179 Å². The van der Waals surface area contributed by atoms with E-state index < -0.39 is 16.1 Å². The molecule has 0 radical (unpaired) electrons. The summed E-state index contributed by atoms with van der Waals surface area (Å²) in [5.74, 6) is -0.303. The van der Waals surface area contributed by atoms with E-state index in [-0.39, 0.29) is 30.5 Å². The van der Waals surface area contributed by atoms with E-state index in [9.17, 15) is 13.2 Å². The number of fused-ring (bicyclic) bond motifs is 1. The van der Waals surface area contributed by atoms with Crippen molar-refractivity contribution < 1.29 is 22.8 Å². The molecule has 12 heteroatoms. The number of sulfonamides is 1. The highest BCUT2D eigenvalue weighted by Crippen LogP contribution is 2.14. The third-order valence-electron chi connectivity index (χ3n) is 4.86. The number of likely N-dealkylation sites (N-methyl/N-ethyl adjacent to an activating group) is 1. The second-order valence-electron chi connectivity index (χ2n) is 7.01. The lowest BCUT2D eigenvalue weighted by molar-refractivity contribution is -0.141. The summed E-state index contributed by atoms with van der Waals surface area (Å²) in [6.45, 7) is 0.852. The average molecular weight is 446 g/mol. The molecule has 1 aliphatic heterocycles. The number of morpholine rings is 1. The molecule has 0 spiro atoms. The number of benzene rings is 1. The zero-order valence-corrected chi connectivity index (χ0v) is 17.7. The molecular weight excluding hydrogens is 424 g/mol. The van der Waals surface area contributed by atoms with Crippen molar-refractivity contribution in [2.45, 2.75) is 11.0 Å². The summed E-state index contributed by atoms with van der Waals surface area (Å²) >= 11 is 0. The van der Waals surface area contributed by atoms with Crippen LogP contribution in [0.15, 0.2) is 53.6 Å². The van der Waals surface area contributed by atoms with E-state index in [1.807, 2.05) is 0 Å². The van der Waals surface area contributed by atoms with Gasteiger partial charge in [-0.1, -0.05) is 23.0 Å². The number of ether oxygens (including phenoxy) is 1. The van der Waals surface area contributed by atoms with Gasteiger partial charge in [-0.3, -0.25) is 4.79 Å². The molecule has 0 N–H and O–H groups in total. The molecule has 11 nitrogen and oxygen atoms in total. The first kappa shape index (κ1) is 21.2. The van der Waals surface area contributed by atoms with Gasteiger partial charge in [0, 0.05) is 19.8 Å². The van der Waals surface area contributed by atoms with Gasteiger partial charge in [-0.2, -0.15) is 4.31 Å². The van der Waals surface area contributed by atoms with Crippen LogP contribution in [0.2, 0.25) is 0 Å². The Morgan fingerprint density at radius 3 is 2.87 bits per heavy atom. The average Bonchev–Trinajstić information content (AvgIpc) is 3.21. The number of amides is 1. The summed E-state index contributed by atoms with van der Waals surface area (Å²) in [7, 11) is -2.35. The molecular formula is C19H22N6O5S. The van der Waals surface area contributed by atoms with E-state index in [1.165, 1.54) is 24.0 Å². The highest BCUT2D eigenvalue weighted by Gasteiger charge is 2.29. The predicted octanol–water partition coefficient (Wildman–Crippen LogP) is -0.197. The number of aromatic nitrogens is 4. The van der Waals surface area contributed by atoms with Gasteiger partial charge in [-0.15, -0.1) is 5.10 Å². The zero-order valence-electron chi connectivity index (χ0n) is 16.9. The van der Waals surface area contributed by atoms with E-state index in [2.05, 4.69) is 15.3 Å². The number of hydrogen-bond donors (Lipinski definition) is 0. The summed E-state index contributed by atoms with van der Waals surface area (Å²) in [6.07, 6.45) is 1.22. The lowest BCUT2D eigenvalue weighted by atomic mass is 10.3. The van der Waals surface area contributed by atoms with Gasteiger partial charge in [0.15, 0.2) is 0 Å². The minimum absolute atomic E-state index is 0.136. The third kappa shape index (κ3) is 4.65. The van der Waals surface area contributed by atoms with Gasteiger partial charge in [-0.25, -0.2) is 13.4 Å². The largest absolute Gasteiger partial charge is 0.391 e. The molecule has 3 heterocycles. The molecule has 164 valence electrons. The monoisotopic (exact) mass is 446 g/mol. The Balaban J connectivity index is 1.34. The topological polar surface area (TPSA) is 120 Å². The lowest BCUT2D eigenvalue weighted by Crippen LogP contribution is -2.51. The summed E-state index contributed by atoms with van der Waals surface area (Å²) in [6, 6.07) is 11.5. The molecule has 0 aliphatic carbocycles. The van der Waals surface area contributed by atoms with Crippen LogP contribution in [-0.4, -0.2) is 89.7 Å². The first-order chi connectivity index (χ1) is 14.9. The second kappa shape index (κ2) is 8.96. The van der Waals surface area contributed by atoms with Gasteiger partial charge < -0.3 is 14.5 Å².